The van der Waals surface area contributed by atoms with Crippen molar-refractivity contribution in [3.8, 4) is 22.8 Å². The number of carbonyl (C=O) groups excluding carboxylic acids is 1. The molecule has 3 N–H and O–H groups in total. The van der Waals surface area contributed by atoms with Crippen LogP contribution in [0.25, 0.3) is 33.9 Å². The zero-order valence-corrected chi connectivity index (χ0v) is 18.8. The summed E-state index contributed by atoms with van der Waals surface area (Å²) in [5.74, 6) is 1.00. The molecule has 170 valence electrons. The van der Waals surface area contributed by atoms with Crippen LogP contribution in [0.2, 0.25) is 10.0 Å². The van der Waals surface area contributed by atoms with E-state index in [1.54, 1.807) is 34.9 Å². The lowest BCUT2D eigenvalue weighted by Crippen LogP contribution is -2.23. The molecule has 0 aliphatic rings. The Morgan fingerprint density at radius 3 is 2.79 bits per heavy atom. The molecule has 1 amide bonds. The number of amides is 1. The van der Waals surface area contributed by atoms with Crippen LogP contribution in [0.15, 0.2) is 68.7 Å². The number of nitrogen functional groups attached to an aromatic ring is 1. The summed E-state index contributed by atoms with van der Waals surface area (Å²) in [5, 5.41) is 12.4. The number of nitrogens with two attached hydrogens (primary N) is 1. The number of hydrogen-bond donors (Lipinski definition) is 2. The number of furan rings is 1. The van der Waals surface area contributed by atoms with Crippen molar-refractivity contribution in [2.75, 3.05) is 5.73 Å². The maximum absolute atomic E-state index is 12.6. The third-order valence-corrected chi connectivity index (χ3v) is 5.43. The zero-order chi connectivity index (χ0) is 23.7. The van der Waals surface area contributed by atoms with E-state index >= 15 is 0 Å². The SMILES string of the molecule is Nc1nonc1-c1nc2ccccc2n1CC(=O)N/N=C/c1ccc(-c2ccc(Cl)cc2Cl)o1. The highest BCUT2D eigenvalue weighted by Crippen LogP contribution is 2.31. The highest BCUT2D eigenvalue weighted by Gasteiger charge is 2.20. The van der Waals surface area contributed by atoms with Crippen LogP contribution in [0.1, 0.15) is 5.76 Å². The number of para-hydroxylation sites is 2. The van der Waals surface area contributed by atoms with Crippen molar-refractivity contribution in [3.05, 3.63) is 70.4 Å². The molecular weight excluding hydrogens is 481 g/mol. The number of aromatic nitrogens is 4. The van der Waals surface area contributed by atoms with E-state index < -0.39 is 5.91 Å². The highest BCUT2D eigenvalue weighted by molar-refractivity contribution is 6.36. The van der Waals surface area contributed by atoms with Gasteiger partial charge in [-0.05, 0) is 52.8 Å². The predicted octanol–water partition coefficient (Wildman–Crippen LogP) is 4.39. The molecule has 12 heteroatoms. The highest BCUT2D eigenvalue weighted by atomic mass is 35.5. The first-order valence-electron chi connectivity index (χ1n) is 9.90. The summed E-state index contributed by atoms with van der Waals surface area (Å²) >= 11 is 12.2. The Kier molecular flexibility index (Phi) is 5.74. The van der Waals surface area contributed by atoms with Gasteiger partial charge in [-0.15, -0.1) is 0 Å². The molecular formula is C22H15Cl2N7O3. The standard InChI is InChI=1S/C22H15Cl2N7O3/c23-12-5-7-14(15(24)9-12)18-8-6-13(33-18)10-26-28-19(32)11-31-17-4-2-1-3-16(17)27-22(31)20-21(25)30-34-29-20/h1-10H,11H2,(H2,25,30)(H,28,32)/b26-10+. The molecule has 3 heterocycles. The minimum Gasteiger partial charge on any atom is -0.455 e. The first kappa shape index (κ1) is 21.7. The molecule has 0 bridgehead atoms. The fourth-order valence-electron chi connectivity index (χ4n) is 3.37. The summed E-state index contributed by atoms with van der Waals surface area (Å²) in [6.07, 6.45) is 1.39. The van der Waals surface area contributed by atoms with Gasteiger partial charge < -0.3 is 14.7 Å². The maximum Gasteiger partial charge on any atom is 0.260 e. The van der Waals surface area contributed by atoms with Crippen LogP contribution >= 0.6 is 23.2 Å². The average molecular weight is 496 g/mol. The summed E-state index contributed by atoms with van der Waals surface area (Å²) in [4.78, 5) is 17.1. The smallest absolute Gasteiger partial charge is 0.260 e. The van der Waals surface area contributed by atoms with Crippen LogP contribution < -0.4 is 11.2 Å². The first-order chi connectivity index (χ1) is 16.5. The molecule has 0 fully saturated rings. The van der Waals surface area contributed by atoms with Crippen molar-refractivity contribution in [2.45, 2.75) is 6.54 Å². The second kappa shape index (κ2) is 9.00. The Morgan fingerprint density at radius 2 is 2.00 bits per heavy atom. The number of carbonyl (C=O) groups is 1. The van der Waals surface area contributed by atoms with Gasteiger partial charge in [0.2, 0.25) is 0 Å². The van der Waals surface area contributed by atoms with Crippen molar-refractivity contribution in [3.63, 3.8) is 0 Å². The lowest BCUT2D eigenvalue weighted by atomic mass is 10.2. The van der Waals surface area contributed by atoms with E-state index in [9.17, 15) is 4.79 Å². The Labute approximate surface area is 201 Å². The molecule has 0 aliphatic heterocycles. The number of nitrogens with zero attached hydrogens (tertiary/aromatic N) is 5. The van der Waals surface area contributed by atoms with Gasteiger partial charge in [0.1, 0.15) is 18.1 Å². The molecule has 3 aromatic heterocycles. The summed E-state index contributed by atoms with van der Waals surface area (Å²) < 4.78 is 12.1. The second-order valence-electron chi connectivity index (χ2n) is 7.13. The van der Waals surface area contributed by atoms with Gasteiger partial charge in [-0.25, -0.2) is 15.0 Å². The Morgan fingerprint density at radius 1 is 1.15 bits per heavy atom. The maximum atomic E-state index is 12.6. The molecule has 10 nitrogen and oxygen atoms in total. The van der Waals surface area contributed by atoms with E-state index in [2.05, 4.69) is 30.5 Å². The molecule has 2 aromatic carbocycles. The molecule has 0 unspecified atom stereocenters. The van der Waals surface area contributed by atoms with E-state index in [1.807, 2.05) is 24.3 Å². The Balaban J connectivity index is 1.32. The summed E-state index contributed by atoms with van der Waals surface area (Å²) in [6, 6.07) is 15.9. The van der Waals surface area contributed by atoms with E-state index in [0.717, 1.165) is 5.52 Å². The number of fused-ring (bicyclic) bond motifs is 1. The van der Waals surface area contributed by atoms with E-state index in [0.29, 0.717) is 38.5 Å². The van der Waals surface area contributed by atoms with Gasteiger partial charge in [-0.1, -0.05) is 35.3 Å². The molecule has 0 saturated carbocycles. The zero-order valence-electron chi connectivity index (χ0n) is 17.3. The normalized spacial score (nSPS) is 11.5. The van der Waals surface area contributed by atoms with Gasteiger partial charge in [0.15, 0.2) is 17.3 Å². The third kappa shape index (κ3) is 4.24. The number of benzene rings is 2. The van der Waals surface area contributed by atoms with E-state index in [1.165, 1.54) is 6.21 Å². The molecule has 0 atom stereocenters. The van der Waals surface area contributed by atoms with Crippen LogP contribution in [-0.2, 0) is 11.3 Å². The van der Waals surface area contributed by atoms with Gasteiger partial charge in [0, 0.05) is 10.6 Å². The molecule has 34 heavy (non-hydrogen) atoms. The number of imidazole rings is 1. The number of hydrogen-bond acceptors (Lipinski definition) is 8. The Bertz CT molecular complexity index is 1540. The lowest BCUT2D eigenvalue weighted by molar-refractivity contribution is -0.121. The monoisotopic (exact) mass is 495 g/mol. The first-order valence-corrected chi connectivity index (χ1v) is 10.7. The minimum absolute atomic E-state index is 0.0735. The van der Waals surface area contributed by atoms with Gasteiger partial charge in [0.25, 0.3) is 5.91 Å². The second-order valence-corrected chi connectivity index (χ2v) is 7.97. The number of rotatable bonds is 6. The van der Waals surface area contributed by atoms with Crippen molar-refractivity contribution >= 4 is 52.2 Å². The topological polar surface area (TPSA) is 137 Å². The number of nitrogens with one attached hydrogen (secondary N) is 1. The summed E-state index contributed by atoms with van der Waals surface area (Å²) in [7, 11) is 0. The van der Waals surface area contributed by atoms with Gasteiger partial charge >= 0.3 is 0 Å². The molecule has 0 aliphatic carbocycles. The number of hydrazone groups is 1. The molecule has 0 spiro atoms. The van der Waals surface area contributed by atoms with Gasteiger partial charge in [0.05, 0.1) is 22.3 Å². The van der Waals surface area contributed by atoms with E-state index in [-0.39, 0.29) is 18.1 Å². The van der Waals surface area contributed by atoms with Crippen LogP contribution in [0.3, 0.4) is 0 Å². The fourth-order valence-corrected chi connectivity index (χ4v) is 3.87. The van der Waals surface area contributed by atoms with E-state index in [4.69, 9.17) is 33.4 Å². The van der Waals surface area contributed by atoms with Crippen molar-refractivity contribution in [1.82, 2.24) is 25.3 Å². The molecule has 0 radical (unpaired) electrons. The average Bonchev–Trinajstić information content (AvgIpc) is 3.53. The lowest BCUT2D eigenvalue weighted by Gasteiger charge is -2.06. The molecule has 5 aromatic rings. The molecule has 5 rings (SSSR count). The number of anilines is 1. The minimum atomic E-state index is -0.400. The Hall–Kier alpha value is -4.15. The summed E-state index contributed by atoms with van der Waals surface area (Å²) in [6.45, 7) is -0.0940. The van der Waals surface area contributed by atoms with Crippen molar-refractivity contribution in [1.29, 1.82) is 0 Å². The van der Waals surface area contributed by atoms with Gasteiger partial charge in [-0.2, -0.15) is 5.10 Å². The predicted molar refractivity (Wildman–Crippen MR) is 127 cm³/mol. The van der Waals surface area contributed by atoms with Crippen molar-refractivity contribution < 1.29 is 13.8 Å². The summed E-state index contributed by atoms with van der Waals surface area (Å²) in [5.41, 5.74) is 10.6. The van der Waals surface area contributed by atoms with Gasteiger partial charge in [-0.3, -0.25) is 4.79 Å². The molecule has 0 saturated heterocycles. The fraction of sp³-hybridized carbons (Fsp3) is 0.0455. The third-order valence-electron chi connectivity index (χ3n) is 4.89. The van der Waals surface area contributed by atoms with Crippen LogP contribution in [0.5, 0.6) is 0 Å². The van der Waals surface area contributed by atoms with Crippen LogP contribution in [-0.4, -0.2) is 32.0 Å². The number of halogens is 2. The largest absolute Gasteiger partial charge is 0.455 e. The van der Waals surface area contributed by atoms with Crippen LogP contribution in [0, 0.1) is 0 Å². The van der Waals surface area contributed by atoms with Crippen LogP contribution in [0.4, 0.5) is 5.82 Å². The van der Waals surface area contributed by atoms with Crippen molar-refractivity contribution in [2.24, 2.45) is 5.10 Å². The quantitative estimate of drug-likeness (QED) is 0.263.